The number of rotatable bonds is 8. The average molecular weight is 724 g/mol. The minimum atomic E-state index is -1.08. The molecule has 2 N–H and O–H groups in total. The van der Waals surface area contributed by atoms with Crippen molar-refractivity contribution in [1.82, 2.24) is 0 Å². The van der Waals surface area contributed by atoms with E-state index in [0.717, 1.165) is 74.6 Å². The van der Waals surface area contributed by atoms with Crippen LogP contribution >= 0.6 is 0 Å². The van der Waals surface area contributed by atoms with Crippen molar-refractivity contribution in [3.05, 3.63) is 57.6 Å². The fraction of sp³-hybridized carbons (Fsp3) is 0.600. The Labute approximate surface area is 305 Å². The first-order valence-corrected chi connectivity index (χ1v) is 17.3. The molecule has 0 spiro atoms. The van der Waals surface area contributed by atoms with Crippen LogP contribution in [0.1, 0.15) is 167 Å². The third-order valence-electron chi connectivity index (χ3n) is 8.77. The standard InChI is InChI=1S/C36H54N2O2.2C2H4O2.Co/c1-11-23(3)25-16-27(33(39)31(18-25)35(5,6)7)21-37-29-14-13-15-30(20-29)38-22-28-17-26(24(4)12-2)19-32(34(28)40)36(8,9)10;2*1-2(3)4;/h16-19,21-24,29-30,39-40H,11-15,20H2,1-10H3;2*1H3,(H,3,4);/q;;;+2/p-2. The molecule has 275 valence electrons. The molecule has 0 heterocycles. The van der Waals surface area contributed by atoms with E-state index >= 15 is 0 Å². The van der Waals surface area contributed by atoms with Crippen LogP contribution in [-0.4, -0.2) is 46.7 Å². The van der Waals surface area contributed by atoms with Crippen LogP contribution in [0.3, 0.4) is 0 Å². The number of phenols is 2. The van der Waals surface area contributed by atoms with E-state index in [1.807, 2.05) is 12.4 Å². The van der Waals surface area contributed by atoms with Gasteiger partial charge in [0.1, 0.15) is 11.5 Å². The third kappa shape index (κ3) is 15.5. The molecule has 1 radical (unpaired) electrons. The van der Waals surface area contributed by atoms with Crippen LogP contribution in [0.5, 0.6) is 11.5 Å². The van der Waals surface area contributed by atoms with Gasteiger partial charge in [-0.05, 0) is 98.3 Å². The Balaban J connectivity index is 0.00000230. The summed E-state index contributed by atoms with van der Waals surface area (Å²) in [6.07, 6.45) is 9.91. The van der Waals surface area contributed by atoms with Gasteiger partial charge in [0.15, 0.2) is 0 Å². The molecule has 1 fully saturated rings. The van der Waals surface area contributed by atoms with Crippen LogP contribution in [0.4, 0.5) is 0 Å². The van der Waals surface area contributed by atoms with Gasteiger partial charge >= 0.3 is 16.8 Å². The second-order valence-electron chi connectivity index (χ2n) is 15.1. The maximum Gasteiger partial charge on any atom is 2.00 e. The van der Waals surface area contributed by atoms with E-state index in [9.17, 15) is 10.2 Å². The summed E-state index contributed by atoms with van der Waals surface area (Å²) in [6.45, 7) is 23.7. The number of carboxylic acid groups (broad SMARTS) is 2. The Kier molecular flexibility index (Phi) is 19.2. The van der Waals surface area contributed by atoms with Gasteiger partial charge in [-0.2, -0.15) is 0 Å². The van der Waals surface area contributed by atoms with Crippen LogP contribution < -0.4 is 10.2 Å². The van der Waals surface area contributed by atoms with Crippen LogP contribution in [0.2, 0.25) is 0 Å². The Bertz CT molecular complexity index is 1310. The average Bonchev–Trinajstić information content (AvgIpc) is 2.97. The van der Waals surface area contributed by atoms with E-state index in [1.54, 1.807) is 0 Å². The van der Waals surface area contributed by atoms with Crippen molar-refractivity contribution in [3.63, 3.8) is 0 Å². The first-order chi connectivity index (χ1) is 22.1. The minimum Gasteiger partial charge on any atom is -0.550 e. The zero-order chi connectivity index (χ0) is 37.0. The van der Waals surface area contributed by atoms with Gasteiger partial charge in [0.05, 0.1) is 12.1 Å². The molecule has 4 unspecified atom stereocenters. The molecule has 1 aliphatic rings. The predicted molar refractivity (Wildman–Crippen MR) is 194 cm³/mol. The second kappa shape index (κ2) is 20.5. The second-order valence-corrected chi connectivity index (χ2v) is 15.1. The topological polar surface area (TPSA) is 145 Å². The van der Waals surface area contributed by atoms with Gasteiger partial charge in [-0.1, -0.05) is 81.4 Å². The summed E-state index contributed by atoms with van der Waals surface area (Å²) in [7, 11) is 0. The van der Waals surface area contributed by atoms with Crippen molar-refractivity contribution in [3.8, 4) is 11.5 Å². The number of aromatic hydroxyl groups is 2. The zero-order valence-corrected chi connectivity index (χ0v) is 32.8. The third-order valence-corrected chi connectivity index (χ3v) is 8.77. The summed E-state index contributed by atoms with van der Waals surface area (Å²) >= 11 is 0. The summed E-state index contributed by atoms with van der Waals surface area (Å²) in [5.41, 5.74) is 5.80. The van der Waals surface area contributed by atoms with Crippen molar-refractivity contribution in [2.45, 2.75) is 156 Å². The van der Waals surface area contributed by atoms with E-state index in [0.29, 0.717) is 23.3 Å². The normalized spacial score (nSPS) is 17.6. The summed E-state index contributed by atoms with van der Waals surface area (Å²) in [6, 6.07) is 8.91. The van der Waals surface area contributed by atoms with Gasteiger partial charge in [0.25, 0.3) is 0 Å². The Morgan fingerprint density at radius 1 is 0.755 bits per heavy atom. The number of aliphatic imine (C=N–C) groups is 2. The van der Waals surface area contributed by atoms with Crippen LogP contribution in [0, 0.1) is 0 Å². The van der Waals surface area contributed by atoms with Gasteiger partial charge < -0.3 is 30.0 Å². The molecule has 4 atom stereocenters. The number of hydrogen-bond acceptors (Lipinski definition) is 8. The summed E-state index contributed by atoms with van der Waals surface area (Å²) < 4.78 is 0. The fourth-order valence-corrected chi connectivity index (χ4v) is 5.52. The van der Waals surface area contributed by atoms with Crippen molar-refractivity contribution in [2.24, 2.45) is 9.98 Å². The van der Waals surface area contributed by atoms with Crippen molar-refractivity contribution in [1.29, 1.82) is 0 Å². The largest absolute Gasteiger partial charge is 2.00 e. The molecule has 1 aliphatic carbocycles. The molecule has 2 aromatic rings. The molecule has 0 bridgehead atoms. The van der Waals surface area contributed by atoms with E-state index in [2.05, 4.69) is 93.5 Å². The molecule has 0 saturated heterocycles. The predicted octanol–water partition coefficient (Wildman–Crippen LogP) is 7.08. The van der Waals surface area contributed by atoms with Crippen LogP contribution in [-0.2, 0) is 37.2 Å². The van der Waals surface area contributed by atoms with Gasteiger partial charge in [-0.15, -0.1) is 0 Å². The molecule has 8 nitrogen and oxygen atoms in total. The monoisotopic (exact) mass is 723 g/mol. The molecular weight excluding hydrogens is 663 g/mol. The van der Waals surface area contributed by atoms with Gasteiger partial charge in [-0.25, -0.2) is 0 Å². The quantitative estimate of drug-likeness (QED) is 0.279. The smallest absolute Gasteiger partial charge is 0.550 e. The molecule has 0 aromatic heterocycles. The zero-order valence-electron chi connectivity index (χ0n) is 31.8. The molecule has 1 saturated carbocycles. The number of carbonyl (C=O) groups is 2. The Morgan fingerprint density at radius 3 is 1.33 bits per heavy atom. The maximum atomic E-state index is 11.1. The van der Waals surface area contributed by atoms with E-state index in [-0.39, 0.29) is 39.7 Å². The molecule has 0 amide bonds. The number of benzene rings is 2. The molecule has 2 aromatic carbocycles. The molecule has 3 rings (SSSR count). The minimum absolute atomic E-state index is 0. The van der Waals surface area contributed by atoms with Crippen molar-refractivity contribution < 1.29 is 46.8 Å². The van der Waals surface area contributed by atoms with E-state index in [4.69, 9.17) is 29.8 Å². The number of nitrogens with zero attached hydrogens (tertiary/aromatic N) is 2. The Hall–Kier alpha value is -3.17. The number of hydrogen-bond donors (Lipinski definition) is 2. The number of aliphatic carboxylic acids is 2. The van der Waals surface area contributed by atoms with Crippen LogP contribution in [0.25, 0.3) is 0 Å². The first kappa shape index (κ1) is 45.8. The van der Waals surface area contributed by atoms with Gasteiger partial charge in [0.2, 0.25) is 0 Å². The number of phenolic OH excluding ortho intramolecular Hbond substituents is 2. The van der Waals surface area contributed by atoms with Gasteiger partial charge in [-0.3, -0.25) is 9.98 Å². The van der Waals surface area contributed by atoms with Crippen LogP contribution in [0.15, 0.2) is 34.3 Å². The summed E-state index contributed by atoms with van der Waals surface area (Å²) in [5, 5.41) is 40.1. The number of carbonyl (C=O) groups excluding carboxylic acids is 2. The first-order valence-electron chi connectivity index (χ1n) is 17.3. The van der Waals surface area contributed by atoms with Crippen molar-refractivity contribution in [2.75, 3.05) is 0 Å². The van der Waals surface area contributed by atoms with Crippen molar-refractivity contribution >= 4 is 24.4 Å². The molecule has 49 heavy (non-hydrogen) atoms. The molecule has 0 aliphatic heterocycles. The Morgan fingerprint density at radius 2 is 1.06 bits per heavy atom. The SMILES string of the molecule is CC(=O)[O-].CC(=O)[O-].CCC(C)c1cc(C=NC2CCCC(N=Cc3cc(C(C)CC)cc(C(C)(C)C)c3O)C2)c(O)c(C(C)(C)C)c1.[Co+2]. The molecule has 9 heteroatoms. The summed E-state index contributed by atoms with van der Waals surface area (Å²) in [5.74, 6) is -0.618. The molecular formula is C40H60CoN2O6. The van der Waals surface area contributed by atoms with E-state index in [1.165, 1.54) is 11.1 Å². The summed E-state index contributed by atoms with van der Waals surface area (Å²) in [4.78, 5) is 27.7. The number of carboxylic acids is 2. The maximum absolute atomic E-state index is 11.1. The van der Waals surface area contributed by atoms with Gasteiger partial charge in [0, 0.05) is 46.6 Å². The van der Waals surface area contributed by atoms with E-state index < -0.39 is 11.9 Å². The fourth-order valence-electron chi connectivity index (χ4n) is 5.52.